The van der Waals surface area contributed by atoms with Crippen molar-refractivity contribution in [3.05, 3.63) is 70.5 Å². The van der Waals surface area contributed by atoms with Gasteiger partial charge in [-0.15, -0.1) is 11.8 Å². The summed E-state index contributed by atoms with van der Waals surface area (Å²) in [5, 5.41) is 3.20. The van der Waals surface area contributed by atoms with Gasteiger partial charge in [0.05, 0.1) is 5.75 Å². The van der Waals surface area contributed by atoms with Crippen LogP contribution in [0.4, 0.5) is 4.39 Å². The van der Waals surface area contributed by atoms with Crippen LogP contribution >= 0.6 is 23.4 Å². The number of carbonyl (C=O) groups excluding carboxylic acids is 2. The van der Waals surface area contributed by atoms with Gasteiger partial charge < -0.3 is 10.2 Å². The molecule has 2 aromatic carbocycles. The summed E-state index contributed by atoms with van der Waals surface area (Å²) in [7, 11) is 0. The number of hydrogen-bond donors (Lipinski definition) is 1. The van der Waals surface area contributed by atoms with Gasteiger partial charge in [-0.05, 0) is 38.5 Å². The Morgan fingerprint density at radius 1 is 1.10 bits per heavy atom. The Kier molecular flexibility index (Phi) is 8.99. The molecule has 0 heterocycles. The third-order valence-corrected chi connectivity index (χ3v) is 5.63. The predicted octanol–water partition coefficient (Wildman–Crippen LogP) is 4.65. The molecule has 0 unspecified atom stereocenters. The highest BCUT2D eigenvalue weighted by molar-refractivity contribution is 7.99. The molecule has 1 atom stereocenters. The molecule has 0 aromatic heterocycles. The zero-order valence-electron chi connectivity index (χ0n) is 16.8. The lowest BCUT2D eigenvalue weighted by Crippen LogP contribution is -2.49. The third kappa shape index (κ3) is 7.05. The van der Waals surface area contributed by atoms with Crippen LogP contribution in [0.2, 0.25) is 5.02 Å². The van der Waals surface area contributed by atoms with Gasteiger partial charge in [-0.25, -0.2) is 4.39 Å². The van der Waals surface area contributed by atoms with Gasteiger partial charge in [0, 0.05) is 28.9 Å². The fraction of sp³-hybridized carbons (Fsp3) is 0.364. The second-order valence-corrected chi connectivity index (χ2v) is 8.43. The van der Waals surface area contributed by atoms with Gasteiger partial charge in [0.1, 0.15) is 11.9 Å². The molecule has 2 amide bonds. The average molecular weight is 437 g/mol. The Labute approximate surface area is 180 Å². The van der Waals surface area contributed by atoms with Crippen LogP contribution < -0.4 is 5.32 Å². The molecule has 7 heteroatoms. The number of rotatable bonds is 9. The van der Waals surface area contributed by atoms with Crippen LogP contribution in [0, 0.1) is 5.82 Å². The second-order valence-electron chi connectivity index (χ2n) is 7.04. The van der Waals surface area contributed by atoms with Crippen molar-refractivity contribution >= 4 is 35.2 Å². The van der Waals surface area contributed by atoms with Crippen LogP contribution in [0.5, 0.6) is 0 Å². The van der Waals surface area contributed by atoms with Crippen LogP contribution in [-0.2, 0) is 21.9 Å². The fourth-order valence-corrected chi connectivity index (χ4v) is 4.01. The van der Waals surface area contributed by atoms with E-state index in [2.05, 4.69) is 5.32 Å². The number of nitrogens with zero attached hydrogens (tertiary/aromatic N) is 1. The fourth-order valence-electron chi connectivity index (χ4n) is 2.76. The van der Waals surface area contributed by atoms with Crippen LogP contribution in [0.25, 0.3) is 0 Å². The maximum absolute atomic E-state index is 13.9. The minimum atomic E-state index is -0.622. The van der Waals surface area contributed by atoms with E-state index in [9.17, 15) is 14.0 Å². The van der Waals surface area contributed by atoms with Gasteiger partial charge in [-0.3, -0.25) is 9.59 Å². The van der Waals surface area contributed by atoms with Crippen LogP contribution in [0.15, 0.2) is 48.5 Å². The number of halogens is 2. The van der Waals surface area contributed by atoms with E-state index in [1.165, 1.54) is 17.8 Å². The summed E-state index contributed by atoms with van der Waals surface area (Å²) >= 11 is 7.33. The van der Waals surface area contributed by atoms with E-state index >= 15 is 0 Å². The van der Waals surface area contributed by atoms with Gasteiger partial charge in [-0.2, -0.15) is 0 Å². The van der Waals surface area contributed by atoms with E-state index in [-0.39, 0.29) is 35.2 Å². The van der Waals surface area contributed by atoms with Crippen molar-refractivity contribution in [3.8, 4) is 0 Å². The van der Waals surface area contributed by atoms with Crippen LogP contribution in [0.3, 0.4) is 0 Å². The number of amides is 2. The molecule has 4 nitrogen and oxygen atoms in total. The molecule has 0 saturated heterocycles. The van der Waals surface area contributed by atoms with Gasteiger partial charge in [0.15, 0.2) is 0 Å². The summed E-state index contributed by atoms with van der Waals surface area (Å²) in [5.41, 5.74) is 1.32. The quantitative estimate of drug-likeness (QED) is 0.622. The Hall–Kier alpha value is -2.05. The Bertz CT molecular complexity index is 813. The first kappa shape index (κ1) is 23.2. The molecule has 0 aliphatic carbocycles. The summed E-state index contributed by atoms with van der Waals surface area (Å²) in [5.74, 6) is -0.368. The summed E-state index contributed by atoms with van der Waals surface area (Å²) in [6, 6.07) is 13.4. The zero-order chi connectivity index (χ0) is 21.4. The van der Waals surface area contributed by atoms with E-state index in [0.717, 1.165) is 5.56 Å². The Morgan fingerprint density at radius 3 is 2.41 bits per heavy atom. The first-order chi connectivity index (χ1) is 13.8. The topological polar surface area (TPSA) is 49.4 Å². The van der Waals surface area contributed by atoms with Crippen molar-refractivity contribution in [2.24, 2.45) is 0 Å². The lowest BCUT2D eigenvalue weighted by atomic mass is 10.1. The van der Waals surface area contributed by atoms with E-state index < -0.39 is 6.04 Å². The van der Waals surface area contributed by atoms with Gasteiger partial charge in [-0.1, -0.05) is 48.0 Å². The number of hydrogen-bond acceptors (Lipinski definition) is 3. The highest BCUT2D eigenvalue weighted by Gasteiger charge is 2.26. The van der Waals surface area contributed by atoms with Crippen molar-refractivity contribution < 1.29 is 14.0 Å². The van der Waals surface area contributed by atoms with E-state index in [4.69, 9.17) is 11.6 Å². The molecule has 0 aliphatic heterocycles. The summed E-state index contributed by atoms with van der Waals surface area (Å²) in [6.45, 7) is 5.80. The largest absolute Gasteiger partial charge is 0.352 e. The SMILES string of the molecule is CC(C)NC(=O)[C@@H](C)N(Cc1ccccc1)C(=O)CSCc1c(F)cccc1Cl. The maximum atomic E-state index is 13.9. The molecule has 1 N–H and O–H groups in total. The third-order valence-electron chi connectivity index (χ3n) is 4.33. The van der Waals surface area contributed by atoms with E-state index in [0.29, 0.717) is 17.1 Å². The van der Waals surface area contributed by atoms with E-state index in [1.54, 1.807) is 24.0 Å². The standard InChI is InChI=1S/C22H26ClFN2O2S/c1-15(2)25-22(28)16(3)26(12-17-8-5-4-6-9-17)21(27)14-29-13-18-19(23)10-7-11-20(18)24/h4-11,15-16H,12-14H2,1-3H3,(H,25,28)/t16-/m1/s1. The summed E-state index contributed by atoms with van der Waals surface area (Å²) in [4.78, 5) is 27.0. The lowest BCUT2D eigenvalue weighted by molar-refractivity contribution is -0.138. The molecule has 0 saturated carbocycles. The molecule has 2 rings (SSSR count). The van der Waals surface area contributed by atoms with Gasteiger partial charge >= 0.3 is 0 Å². The Balaban J connectivity index is 2.08. The van der Waals surface area contributed by atoms with Crippen molar-refractivity contribution in [1.82, 2.24) is 10.2 Å². The lowest BCUT2D eigenvalue weighted by Gasteiger charge is -2.29. The molecule has 0 bridgehead atoms. The van der Waals surface area contributed by atoms with Crippen LogP contribution in [-0.4, -0.2) is 34.6 Å². The minimum Gasteiger partial charge on any atom is -0.352 e. The molecular formula is C22H26ClFN2O2S. The predicted molar refractivity (Wildman–Crippen MR) is 117 cm³/mol. The van der Waals surface area contributed by atoms with Crippen molar-refractivity contribution in [1.29, 1.82) is 0 Å². The summed E-state index contributed by atoms with van der Waals surface area (Å²) in [6.07, 6.45) is 0. The molecule has 156 valence electrons. The van der Waals surface area contributed by atoms with Crippen LogP contribution in [0.1, 0.15) is 31.9 Å². The van der Waals surface area contributed by atoms with Gasteiger partial charge in [0.2, 0.25) is 11.8 Å². The highest BCUT2D eigenvalue weighted by Crippen LogP contribution is 2.24. The highest BCUT2D eigenvalue weighted by atomic mass is 35.5. The van der Waals surface area contributed by atoms with Gasteiger partial charge in [0.25, 0.3) is 0 Å². The molecule has 2 aromatic rings. The van der Waals surface area contributed by atoms with E-state index in [1.807, 2.05) is 44.2 Å². The molecule has 29 heavy (non-hydrogen) atoms. The number of thioether (sulfide) groups is 1. The first-order valence-electron chi connectivity index (χ1n) is 9.44. The molecule has 0 radical (unpaired) electrons. The molecule has 0 spiro atoms. The number of benzene rings is 2. The molecular weight excluding hydrogens is 411 g/mol. The zero-order valence-corrected chi connectivity index (χ0v) is 18.4. The molecule has 0 aliphatic rings. The Morgan fingerprint density at radius 2 is 1.79 bits per heavy atom. The number of carbonyl (C=O) groups is 2. The molecule has 0 fully saturated rings. The van der Waals surface area contributed by atoms with Crippen molar-refractivity contribution in [2.45, 2.75) is 45.2 Å². The van der Waals surface area contributed by atoms with Crippen molar-refractivity contribution in [2.75, 3.05) is 5.75 Å². The minimum absolute atomic E-state index is 0.0174. The first-order valence-corrected chi connectivity index (χ1v) is 11.0. The average Bonchev–Trinajstić information content (AvgIpc) is 2.68. The second kappa shape index (κ2) is 11.2. The van der Waals surface area contributed by atoms with Crippen molar-refractivity contribution in [3.63, 3.8) is 0 Å². The summed E-state index contributed by atoms with van der Waals surface area (Å²) < 4.78 is 13.9. The monoisotopic (exact) mass is 436 g/mol. The normalized spacial score (nSPS) is 11.9. The number of nitrogens with one attached hydrogen (secondary N) is 1. The smallest absolute Gasteiger partial charge is 0.242 e. The maximum Gasteiger partial charge on any atom is 0.242 e.